The molecule has 0 N–H and O–H groups in total. The van der Waals surface area contributed by atoms with Crippen LogP contribution in [0.3, 0.4) is 0 Å². The molecule has 4 nitrogen and oxygen atoms in total. The Morgan fingerprint density at radius 3 is 3.00 bits per heavy atom. The SMILES string of the molecule is O=C1C=CC2N3CC=CN3C3=CC=CC(=O)C32C=C1. The van der Waals surface area contributed by atoms with Crippen molar-refractivity contribution in [3.05, 3.63) is 60.5 Å². The zero-order chi connectivity index (χ0) is 13.0. The van der Waals surface area contributed by atoms with Crippen molar-refractivity contribution in [3.63, 3.8) is 0 Å². The number of carbonyl (C=O) groups is 2. The molecule has 0 amide bonds. The van der Waals surface area contributed by atoms with Crippen molar-refractivity contribution >= 4 is 11.6 Å². The lowest BCUT2D eigenvalue weighted by molar-refractivity contribution is -0.120. The minimum absolute atomic E-state index is 0.0356. The molecule has 1 saturated heterocycles. The van der Waals surface area contributed by atoms with Crippen LogP contribution >= 0.6 is 0 Å². The third kappa shape index (κ3) is 1.17. The minimum atomic E-state index is -0.748. The minimum Gasteiger partial charge on any atom is -0.293 e. The van der Waals surface area contributed by atoms with E-state index in [4.69, 9.17) is 0 Å². The second-order valence-corrected chi connectivity index (χ2v) is 5.04. The fourth-order valence-corrected chi connectivity index (χ4v) is 3.29. The number of carbonyl (C=O) groups excluding carboxylic acids is 2. The Kier molecular flexibility index (Phi) is 1.93. The zero-order valence-electron chi connectivity index (χ0n) is 10.2. The van der Waals surface area contributed by atoms with Crippen LogP contribution in [0.5, 0.6) is 0 Å². The van der Waals surface area contributed by atoms with Crippen LogP contribution in [0.4, 0.5) is 0 Å². The fourth-order valence-electron chi connectivity index (χ4n) is 3.29. The fraction of sp³-hybridized carbons (Fsp3) is 0.200. The first-order valence-electron chi connectivity index (χ1n) is 6.30. The average Bonchev–Trinajstić information content (AvgIpc) is 2.90. The number of nitrogens with zero attached hydrogens (tertiary/aromatic N) is 2. The molecule has 0 radical (unpaired) electrons. The van der Waals surface area contributed by atoms with Crippen molar-refractivity contribution in [1.82, 2.24) is 10.0 Å². The molecule has 2 heterocycles. The molecule has 1 spiro atoms. The van der Waals surface area contributed by atoms with Crippen LogP contribution in [0.2, 0.25) is 0 Å². The lowest BCUT2D eigenvalue weighted by Gasteiger charge is -2.30. The quantitative estimate of drug-likeness (QED) is 0.648. The van der Waals surface area contributed by atoms with Gasteiger partial charge in [0.25, 0.3) is 0 Å². The zero-order valence-corrected chi connectivity index (χ0v) is 10.2. The van der Waals surface area contributed by atoms with Gasteiger partial charge in [-0.25, -0.2) is 5.01 Å². The topological polar surface area (TPSA) is 40.6 Å². The Morgan fingerprint density at radius 2 is 2.11 bits per heavy atom. The van der Waals surface area contributed by atoms with Crippen LogP contribution in [0.15, 0.2) is 60.5 Å². The maximum atomic E-state index is 12.5. The Balaban J connectivity index is 1.98. The Labute approximate surface area is 110 Å². The van der Waals surface area contributed by atoms with Gasteiger partial charge < -0.3 is 0 Å². The van der Waals surface area contributed by atoms with E-state index < -0.39 is 5.41 Å². The Hall–Kier alpha value is -2.20. The van der Waals surface area contributed by atoms with E-state index >= 15 is 0 Å². The molecule has 4 rings (SSSR count). The molecule has 1 fully saturated rings. The van der Waals surface area contributed by atoms with Crippen molar-refractivity contribution < 1.29 is 9.59 Å². The third-order valence-electron chi connectivity index (χ3n) is 4.14. The van der Waals surface area contributed by atoms with Gasteiger partial charge in [-0.15, -0.1) is 0 Å². The van der Waals surface area contributed by atoms with Gasteiger partial charge in [0.2, 0.25) is 0 Å². The van der Waals surface area contributed by atoms with Gasteiger partial charge in [0, 0.05) is 12.7 Å². The summed E-state index contributed by atoms with van der Waals surface area (Å²) in [6, 6.07) is -0.131. The highest BCUT2D eigenvalue weighted by atomic mass is 16.1. The highest BCUT2D eigenvalue weighted by molar-refractivity contribution is 6.06. The summed E-state index contributed by atoms with van der Waals surface area (Å²) in [6.45, 7) is 0.753. The molecular formula is C15H12N2O2. The highest BCUT2D eigenvalue weighted by Gasteiger charge is 2.57. The van der Waals surface area contributed by atoms with E-state index in [1.807, 2.05) is 23.4 Å². The highest BCUT2D eigenvalue weighted by Crippen LogP contribution is 2.50. The molecule has 0 bridgehead atoms. The first-order valence-corrected chi connectivity index (χ1v) is 6.30. The second-order valence-electron chi connectivity index (χ2n) is 5.04. The lowest BCUT2D eigenvalue weighted by atomic mass is 9.72. The maximum absolute atomic E-state index is 12.5. The number of ketones is 2. The summed E-state index contributed by atoms with van der Waals surface area (Å²) in [5.74, 6) is -0.0300. The summed E-state index contributed by atoms with van der Waals surface area (Å²) in [7, 11) is 0. The van der Waals surface area contributed by atoms with E-state index in [1.165, 1.54) is 6.08 Å². The Morgan fingerprint density at radius 1 is 1.21 bits per heavy atom. The van der Waals surface area contributed by atoms with Crippen molar-refractivity contribution in [2.24, 2.45) is 5.41 Å². The second kappa shape index (κ2) is 3.42. The van der Waals surface area contributed by atoms with Gasteiger partial charge in [-0.3, -0.25) is 14.6 Å². The molecule has 94 valence electrons. The van der Waals surface area contributed by atoms with E-state index in [2.05, 4.69) is 11.1 Å². The van der Waals surface area contributed by atoms with Crippen LogP contribution in [0.1, 0.15) is 0 Å². The number of hydrazine groups is 1. The van der Waals surface area contributed by atoms with Gasteiger partial charge >= 0.3 is 0 Å². The van der Waals surface area contributed by atoms with Gasteiger partial charge in [0.1, 0.15) is 5.41 Å². The van der Waals surface area contributed by atoms with Crippen LogP contribution < -0.4 is 0 Å². The van der Waals surface area contributed by atoms with Crippen molar-refractivity contribution in [2.45, 2.75) is 6.04 Å². The number of hydrogen-bond acceptors (Lipinski definition) is 4. The van der Waals surface area contributed by atoms with E-state index in [9.17, 15) is 9.59 Å². The van der Waals surface area contributed by atoms with E-state index in [0.29, 0.717) is 0 Å². The number of allylic oxidation sites excluding steroid dienone is 5. The van der Waals surface area contributed by atoms with Crippen molar-refractivity contribution in [3.8, 4) is 0 Å². The number of hydrogen-bond donors (Lipinski definition) is 0. The molecule has 0 aromatic carbocycles. The largest absolute Gasteiger partial charge is 0.293 e. The molecule has 19 heavy (non-hydrogen) atoms. The summed E-state index contributed by atoms with van der Waals surface area (Å²) in [4.78, 5) is 24.1. The van der Waals surface area contributed by atoms with Gasteiger partial charge in [-0.1, -0.05) is 24.3 Å². The lowest BCUT2D eigenvalue weighted by Crippen LogP contribution is -2.42. The summed E-state index contributed by atoms with van der Waals surface area (Å²) >= 11 is 0. The Bertz CT molecular complexity index is 639. The van der Waals surface area contributed by atoms with E-state index in [1.54, 1.807) is 24.3 Å². The van der Waals surface area contributed by atoms with Crippen molar-refractivity contribution in [1.29, 1.82) is 0 Å². The number of fused-ring (bicyclic) bond motifs is 3. The molecule has 0 aromatic rings. The molecule has 2 aliphatic carbocycles. The molecular weight excluding hydrogens is 240 g/mol. The first-order chi connectivity index (χ1) is 9.23. The molecule has 2 atom stereocenters. The van der Waals surface area contributed by atoms with Gasteiger partial charge in [0.05, 0.1) is 11.7 Å². The predicted molar refractivity (Wildman–Crippen MR) is 69.4 cm³/mol. The maximum Gasteiger partial charge on any atom is 0.178 e. The molecule has 0 aromatic heterocycles. The molecule has 0 saturated carbocycles. The van der Waals surface area contributed by atoms with Crippen LogP contribution in [-0.2, 0) is 9.59 Å². The summed E-state index contributed by atoms with van der Waals surface area (Å²) in [6.07, 6.45) is 16.0. The van der Waals surface area contributed by atoms with E-state index in [-0.39, 0.29) is 17.6 Å². The summed E-state index contributed by atoms with van der Waals surface area (Å²) in [5.41, 5.74) is 0.177. The molecule has 4 heteroatoms. The van der Waals surface area contributed by atoms with Gasteiger partial charge in [-0.2, -0.15) is 0 Å². The summed E-state index contributed by atoms with van der Waals surface area (Å²) < 4.78 is 0. The molecule has 4 aliphatic rings. The monoisotopic (exact) mass is 252 g/mol. The van der Waals surface area contributed by atoms with Gasteiger partial charge in [0.15, 0.2) is 11.6 Å². The first kappa shape index (κ1) is 10.7. The average molecular weight is 252 g/mol. The normalized spacial score (nSPS) is 35.3. The van der Waals surface area contributed by atoms with E-state index in [0.717, 1.165) is 12.2 Å². The smallest absolute Gasteiger partial charge is 0.178 e. The van der Waals surface area contributed by atoms with Crippen LogP contribution in [0, 0.1) is 5.41 Å². The standard InChI is InChI=1S/C15H12N2O2/c18-11-5-6-13-15(8-7-11)12(3-1-4-14(15)19)16-9-2-10-17(13)16/h1-9,13H,10H2. The third-order valence-corrected chi connectivity index (χ3v) is 4.14. The van der Waals surface area contributed by atoms with Crippen LogP contribution in [0.25, 0.3) is 0 Å². The molecule has 2 aliphatic heterocycles. The summed E-state index contributed by atoms with van der Waals surface area (Å²) in [5, 5.41) is 4.13. The van der Waals surface area contributed by atoms with Gasteiger partial charge in [-0.05, 0) is 24.3 Å². The predicted octanol–water partition coefficient (Wildman–Crippen LogP) is 1.12. The van der Waals surface area contributed by atoms with Crippen LogP contribution in [-0.4, -0.2) is 34.2 Å². The molecule has 2 unspecified atom stereocenters. The van der Waals surface area contributed by atoms with Crippen molar-refractivity contribution in [2.75, 3.05) is 6.54 Å². The number of rotatable bonds is 0.